The van der Waals surface area contributed by atoms with Crippen LogP contribution in [0.5, 0.6) is 0 Å². The molecule has 0 saturated heterocycles. The SMILES string of the molecule is CCc1cccc(C)c1NCCC(=O)Nc1cc(C(=O)OC)ccc1Cl. The number of benzene rings is 2. The van der Waals surface area contributed by atoms with Gasteiger partial charge in [-0.3, -0.25) is 4.79 Å². The number of anilines is 2. The molecule has 0 aliphatic rings. The summed E-state index contributed by atoms with van der Waals surface area (Å²) in [4.78, 5) is 23.8. The molecule has 2 aromatic carbocycles. The number of nitrogens with one attached hydrogen (secondary N) is 2. The van der Waals surface area contributed by atoms with E-state index in [-0.39, 0.29) is 12.3 Å². The fraction of sp³-hybridized carbons (Fsp3) is 0.300. The first-order valence-electron chi connectivity index (χ1n) is 8.46. The number of para-hydroxylation sites is 1. The molecule has 0 fully saturated rings. The highest BCUT2D eigenvalue weighted by molar-refractivity contribution is 6.33. The molecular weight excluding hydrogens is 352 g/mol. The largest absolute Gasteiger partial charge is 0.465 e. The molecule has 1 amide bonds. The Morgan fingerprint density at radius 3 is 2.65 bits per heavy atom. The number of carbonyl (C=O) groups is 2. The summed E-state index contributed by atoms with van der Waals surface area (Å²) in [7, 11) is 1.30. The molecule has 0 bridgehead atoms. The minimum Gasteiger partial charge on any atom is -0.465 e. The van der Waals surface area contributed by atoms with Crippen LogP contribution in [0.2, 0.25) is 5.02 Å². The predicted molar refractivity (Wildman–Crippen MR) is 105 cm³/mol. The molecule has 0 saturated carbocycles. The summed E-state index contributed by atoms with van der Waals surface area (Å²) in [6.07, 6.45) is 1.20. The molecule has 0 aliphatic carbocycles. The Morgan fingerprint density at radius 1 is 1.19 bits per heavy atom. The van der Waals surface area contributed by atoms with Crippen LogP contribution >= 0.6 is 11.6 Å². The van der Waals surface area contributed by atoms with Crippen LogP contribution in [-0.4, -0.2) is 25.5 Å². The van der Waals surface area contributed by atoms with Gasteiger partial charge in [0.2, 0.25) is 5.91 Å². The molecule has 138 valence electrons. The van der Waals surface area contributed by atoms with Gasteiger partial charge in [0, 0.05) is 18.7 Å². The summed E-state index contributed by atoms with van der Waals surface area (Å²) in [6.45, 7) is 4.64. The summed E-state index contributed by atoms with van der Waals surface area (Å²) >= 11 is 6.10. The van der Waals surface area contributed by atoms with Crippen molar-refractivity contribution in [1.29, 1.82) is 0 Å². The molecule has 5 nitrogen and oxygen atoms in total. The highest BCUT2D eigenvalue weighted by Crippen LogP contribution is 2.24. The Morgan fingerprint density at radius 2 is 1.96 bits per heavy atom. The first-order valence-corrected chi connectivity index (χ1v) is 8.84. The zero-order valence-electron chi connectivity index (χ0n) is 15.2. The van der Waals surface area contributed by atoms with E-state index in [1.54, 1.807) is 12.1 Å². The van der Waals surface area contributed by atoms with Gasteiger partial charge in [-0.1, -0.05) is 36.7 Å². The lowest BCUT2D eigenvalue weighted by Crippen LogP contribution is -2.17. The van der Waals surface area contributed by atoms with Gasteiger partial charge in [-0.25, -0.2) is 4.79 Å². The maximum absolute atomic E-state index is 12.2. The summed E-state index contributed by atoms with van der Waals surface area (Å²) < 4.78 is 4.68. The van der Waals surface area contributed by atoms with Crippen LogP contribution in [0.1, 0.15) is 34.8 Å². The maximum atomic E-state index is 12.2. The van der Waals surface area contributed by atoms with Crippen molar-refractivity contribution in [2.45, 2.75) is 26.7 Å². The second-order valence-corrected chi connectivity index (χ2v) is 6.28. The molecule has 2 aromatic rings. The van der Waals surface area contributed by atoms with E-state index in [4.69, 9.17) is 11.6 Å². The standard InChI is InChI=1S/C20H23ClN2O3/c1-4-14-7-5-6-13(2)19(14)22-11-10-18(24)23-17-12-15(20(25)26-3)8-9-16(17)21/h5-9,12,22H,4,10-11H2,1-3H3,(H,23,24). The lowest BCUT2D eigenvalue weighted by Gasteiger charge is -2.14. The maximum Gasteiger partial charge on any atom is 0.337 e. The van der Waals surface area contributed by atoms with Crippen molar-refractivity contribution >= 4 is 34.9 Å². The van der Waals surface area contributed by atoms with E-state index in [1.807, 2.05) is 19.1 Å². The van der Waals surface area contributed by atoms with E-state index in [9.17, 15) is 9.59 Å². The topological polar surface area (TPSA) is 67.4 Å². The molecule has 2 N–H and O–H groups in total. The van der Waals surface area contributed by atoms with E-state index < -0.39 is 5.97 Å². The first kappa shape index (κ1) is 19.8. The van der Waals surface area contributed by atoms with Crippen molar-refractivity contribution in [3.63, 3.8) is 0 Å². The van der Waals surface area contributed by atoms with Crippen molar-refractivity contribution in [2.24, 2.45) is 0 Å². The number of aryl methyl sites for hydroxylation is 2. The molecule has 0 heterocycles. The quantitative estimate of drug-likeness (QED) is 0.703. The van der Waals surface area contributed by atoms with Crippen LogP contribution in [0.3, 0.4) is 0 Å². The van der Waals surface area contributed by atoms with Crippen LogP contribution in [0, 0.1) is 6.92 Å². The fourth-order valence-corrected chi connectivity index (χ4v) is 2.82. The Kier molecular flexibility index (Phi) is 7.04. The molecule has 2 rings (SSSR count). The highest BCUT2D eigenvalue weighted by Gasteiger charge is 2.11. The van der Waals surface area contributed by atoms with Crippen molar-refractivity contribution in [1.82, 2.24) is 0 Å². The third-order valence-electron chi connectivity index (χ3n) is 4.06. The number of rotatable bonds is 7. The fourth-order valence-electron chi connectivity index (χ4n) is 2.66. The van der Waals surface area contributed by atoms with Crippen LogP contribution in [0.4, 0.5) is 11.4 Å². The van der Waals surface area contributed by atoms with E-state index in [2.05, 4.69) is 28.4 Å². The third kappa shape index (κ3) is 4.99. The number of halogens is 1. The second kappa shape index (κ2) is 9.25. The molecule has 6 heteroatoms. The number of carbonyl (C=O) groups excluding carboxylic acids is 2. The Labute approximate surface area is 158 Å². The highest BCUT2D eigenvalue weighted by atomic mass is 35.5. The monoisotopic (exact) mass is 374 g/mol. The number of esters is 1. The molecule has 0 atom stereocenters. The van der Waals surface area contributed by atoms with Crippen molar-refractivity contribution in [2.75, 3.05) is 24.3 Å². The lowest BCUT2D eigenvalue weighted by molar-refractivity contribution is -0.115. The molecule has 0 aromatic heterocycles. The Hall–Kier alpha value is -2.53. The lowest BCUT2D eigenvalue weighted by atomic mass is 10.1. The molecular formula is C20H23ClN2O3. The average Bonchev–Trinajstić information content (AvgIpc) is 2.64. The van der Waals surface area contributed by atoms with Gasteiger partial charge in [0.1, 0.15) is 0 Å². The van der Waals surface area contributed by atoms with Gasteiger partial charge >= 0.3 is 5.97 Å². The van der Waals surface area contributed by atoms with Crippen LogP contribution in [0.25, 0.3) is 0 Å². The Balaban J connectivity index is 1.97. The van der Waals surface area contributed by atoms with E-state index >= 15 is 0 Å². The van der Waals surface area contributed by atoms with E-state index in [1.165, 1.54) is 18.7 Å². The summed E-state index contributed by atoms with van der Waals surface area (Å²) in [6, 6.07) is 10.8. The van der Waals surface area contributed by atoms with Crippen molar-refractivity contribution in [3.8, 4) is 0 Å². The number of ether oxygens (including phenoxy) is 1. The molecule has 0 aliphatic heterocycles. The van der Waals surface area contributed by atoms with Gasteiger partial charge in [-0.05, 0) is 42.7 Å². The second-order valence-electron chi connectivity index (χ2n) is 5.87. The number of methoxy groups -OCH3 is 1. The summed E-state index contributed by atoms with van der Waals surface area (Å²) in [5.41, 5.74) is 4.17. The van der Waals surface area contributed by atoms with Gasteiger partial charge < -0.3 is 15.4 Å². The molecule has 0 radical (unpaired) electrons. The zero-order valence-corrected chi connectivity index (χ0v) is 15.9. The first-order chi connectivity index (χ1) is 12.5. The van der Waals surface area contributed by atoms with Crippen LogP contribution < -0.4 is 10.6 Å². The number of amides is 1. The molecule has 0 unspecified atom stereocenters. The number of hydrogen-bond acceptors (Lipinski definition) is 4. The minimum atomic E-state index is -0.481. The average molecular weight is 375 g/mol. The molecule has 26 heavy (non-hydrogen) atoms. The van der Waals surface area contributed by atoms with Gasteiger partial charge in [-0.2, -0.15) is 0 Å². The van der Waals surface area contributed by atoms with Crippen LogP contribution in [-0.2, 0) is 16.0 Å². The van der Waals surface area contributed by atoms with Crippen molar-refractivity contribution in [3.05, 3.63) is 58.1 Å². The summed E-state index contributed by atoms with van der Waals surface area (Å²) in [5, 5.41) is 6.44. The minimum absolute atomic E-state index is 0.187. The van der Waals surface area contributed by atoms with Crippen molar-refractivity contribution < 1.29 is 14.3 Å². The van der Waals surface area contributed by atoms with E-state index in [0.717, 1.165) is 17.7 Å². The zero-order chi connectivity index (χ0) is 19.1. The van der Waals surface area contributed by atoms with Crippen LogP contribution in [0.15, 0.2) is 36.4 Å². The predicted octanol–water partition coefficient (Wildman–Crippen LogP) is 4.44. The van der Waals surface area contributed by atoms with Gasteiger partial charge in [-0.15, -0.1) is 0 Å². The number of hydrogen-bond donors (Lipinski definition) is 2. The third-order valence-corrected chi connectivity index (χ3v) is 4.38. The van der Waals surface area contributed by atoms with Gasteiger partial charge in [0.05, 0.1) is 23.4 Å². The molecule has 0 spiro atoms. The Bertz CT molecular complexity index is 806. The van der Waals surface area contributed by atoms with Gasteiger partial charge in [0.25, 0.3) is 0 Å². The summed E-state index contributed by atoms with van der Waals surface area (Å²) in [5.74, 6) is -0.668. The van der Waals surface area contributed by atoms with Gasteiger partial charge in [0.15, 0.2) is 0 Å². The normalized spacial score (nSPS) is 10.3. The van der Waals surface area contributed by atoms with E-state index in [0.29, 0.717) is 22.8 Å². The smallest absolute Gasteiger partial charge is 0.337 e.